The van der Waals surface area contributed by atoms with E-state index in [0.29, 0.717) is 39.8 Å². The van der Waals surface area contributed by atoms with Gasteiger partial charge >= 0.3 is 17.9 Å². The molecule has 1 saturated heterocycles. The molecule has 0 aliphatic carbocycles. The second kappa shape index (κ2) is 11.7. The summed E-state index contributed by atoms with van der Waals surface area (Å²) in [6.07, 6.45) is 0. The first-order chi connectivity index (χ1) is 20.0. The number of hydrogen-bond acceptors (Lipinski definition) is 17. The van der Waals surface area contributed by atoms with Crippen molar-refractivity contribution in [2.75, 3.05) is 6.61 Å². The van der Waals surface area contributed by atoms with E-state index in [4.69, 9.17) is 18.9 Å². The third kappa shape index (κ3) is 4.83. The van der Waals surface area contributed by atoms with Crippen LogP contribution in [0.25, 0.3) is 0 Å². The minimum Gasteiger partial charge on any atom is -0.423 e. The standard InChI is InChI=1S/C27H30O17/c1-11(29)23(10-28)24(37,12(2)30)25(38,13(3)31)26(39,14(4)32)27(40,44-23)22(36)18-8-19(41-15(5)33)21(43-17(7)35)20(9-18)42-16(6)34/h8-9,28,37-40H,10H2,1-7H3/t23-,24+,25-,26+,27+/m0/s1. The minimum atomic E-state index is -4.35. The molecule has 44 heavy (non-hydrogen) atoms. The van der Waals surface area contributed by atoms with Crippen LogP contribution in [-0.4, -0.2) is 107 Å². The fourth-order valence-electron chi connectivity index (χ4n) is 5.15. The van der Waals surface area contributed by atoms with E-state index in [1.165, 1.54) is 0 Å². The molecular formula is C27H30O17. The summed E-state index contributed by atoms with van der Waals surface area (Å²) in [4.78, 5) is 101. The highest BCUT2D eigenvalue weighted by Gasteiger charge is 2.88. The minimum absolute atomic E-state index is 0.411. The summed E-state index contributed by atoms with van der Waals surface area (Å²) in [5.74, 6) is -19.1. The van der Waals surface area contributed by atoms with E-state index in [0.717, 1.165) is 20.8 Å². The van der Waals surface area contributed by atoms with Gasteiger partial charge in [0.25, 0.3) is 5.79 Å². The zero-order valence-corrected chi connectivity index (χ0v) is 24.5. The zero-order valence-electron chi connectivity index (χ0n) is 24.5. The van der Waals surface area contributed by atoms with Crippen LogP contribution in [0.2, 0.25) is 0 Å². The highest BCUT2D eigenvalue weighted by Crippen LogP contribution is 2.56. The first kappa shape index (κ1) is 35.9. The van der Waals surface area contributed by atoms with Gasteiger partial charge in [-0.2, -0.15) is 0 Å². The summed E-state index contributed by atoms with van der Waals surface area (Å²) in [6.45, 7) is 2.67. The molecule has 0 bridgehead atoms. The van der Waals surface area contributed by atoms with E-state index >= 15 is 0 Å². The third-order valence-electron chi connectivity index (χ3n) is 7.11. The van der Waals surface area contributed by atoms with E-state index in [9.17, 15) is 63.9 Å². The molecule has 0 unspecified atom stereocenters. The molecule has 0 saturated carbocycles. The summed E-state index contributed by atoms with van der Waals surface area (Å²) in [7, 11) is 0. The number of rotatable bonds is 10. The van der Waals surface area contributed by atoms with Crippen molar-refractivity contribution in [3.63, 3.8) is 0 Å². The van der Waals surface area contributed by atoms with Gasteiger partial charge < -0.3 is 44.5 Å². The van der Waals surface area contributed by atoms with Gasteiger partial charge in [-0.15, -0.1) is 0 Å². The Labute approximate surface area is 248 Å². The summed E-state index contributed by atoms with van der Waals surface area (Å²) < 4.78 is 20.0. The van der Waals surface area contributed by atoms with Crippen LogP contribution in [0.1, 0.15) is 58.8 Å². The first-order valence-corrected chi connectivity index (χ1v) is 12.5. The molecule has 17 nitrogen and oxygen atoms in total. The number of benzene rings is 1. The lowest BCUT2D eigenvalue weighted by Crippen LogP contribution is -2.94. The number of ether oxygens (including phenoxy) is 4. The molecule has 5 N–H and O–H groups in total. The lowest BCUT2D eigenvalue weighted by Gasteiger charge is -2.63. The molecule has 0 aromatic heterocycles. The fourth-order valence-corrected chi connectivity index (χ4v) is 5.15. The molecule has 1 aliphatic heterocycles. The summed E-state index contributed by atoms with van der Waals surface area (Å²) >= 11 is 0. The second-order valence-electron chi connectivity index (χ2n) is 10.00. The Hall–Kier alpha value is -4.26. The van der Waals surface area contributed by atoms with E-state index in [1.807, 2.05) is 0 Å². The Kier molecular flexibility index (Phi) is 9.54. The third-order valence-corrected chi connectivity index (χ3v) is 7.11. The molecule has 1 heterocycles. The van der Waals surface area contributed by atoms with Gasteiger partial charge in [0.1, 0.15) is 0 Å². The largest absolute Gasteiger partial charge is 0.423 e. The van der Waals surface area contributed by atoms with E-state index in [-0.39, 0.29) is 0 Å². The van der Waals surface area contributed by atoms with Crippen LogP contribution in [0, 0.1) is 0 Å². The van der Waals surface area contributed by atoms with Crippen molar-refractivity contribution in [1.82, 2.24) is 0 Å². The van der Waals surface area contributed by atoms with Crippen LogP contribution < -0.4 is 14.2 Å². The van der Waals surface area contributed by atoms with E-state index in [2.05, 4.69) is 0 Å². The Balaban J connectivity index is 3.20. The van der Waals surface area contributed by atoms with Gasteiger partial charge in [-0.25, -0.2) is 0 Å². The molecule has 0 radical (unpaired) electrons. The smallest absolute Gasteiger partial charge is 0.308 e. The molecule has 0 amide bonds. The highest BCUT2D eigenvalue weighted by atomic mass is 16.7. The number of Topliss-reactive ketones (excluding diaryl/α,β-unsaturated/α-hetero) is 5. The Morgan fingerprint density at radius 3 is 1.30 bits per heavy atom. The quantitative estimate of drug-likeness (QED) is 0.103. The normalized spacial score (nSPS) is 29.6. The number of ketones is 5. The van der Waals surface area contributed by atoms with Crippen molar-refractivity contribution in [3.05, 3.63) is 17.7 Å². The number of hydrogen-bond donors (Lipinski definition) is 5. The van der Waals surface area contributed by atoms with Gasteiger partial charge in [0.15, 0.2) is 40.2 Å². The van der Waals surface area contributed by atoms with Crippen LogP contribution in [0.15, 0.2) is 12.1 Å². The monoisotopic (exact) mass is 626 g/mol. The van der Waals surface area contributed by atoms with Crippen molar-refractivity contribution >= 4 is 46.8 Å². The molecule has 240 valence electrons. The molecule has 5 atom stereocenters. The Morgan fingerprint density at radius 1 is 0.614 bits per heavy atom. The molecule has 1 fully saturated rings. The van der Waals surface area contributed by atoms with Crippen LogP contribution >= 0.6 is 0 Å². The highest BCUT2D eigenvalue weighted by molar-refractivity contribution is 6.15. The van der Waals surface area contributed by atoms with Crippen LogP contribution in [0.3, 0.4) is 0 Å². The van der Waals surface area contributed by atoms with Gasteiger partial charge in [0.2, 0.25) is 28.3 Å². The maximum Gasteiger partial charge on any atom is 0.308 e. The lowest BCUT2D eigenvalue weighted by molar-refractivity contribution is -0.405. The number of aliphatic hydroxyl groups is 5. The molecule has 1 aromatic carbocycles. The fraction of sp³-hybridized carbons (Fsp3) is 0.481. The van der Waals surface area contributed by atoms with Gasteiger partial charge in [-0.1, -0.05) is 0 Å². The van der Waals surface area contributed by atoms with E-state index < -0.39 is 104 Å². The van der Waals surface area contributed by atoms with Crippen molar-refractivity contribution in [2.45, 2.75) is 76.7 Å². The van der Waals surface area contributed by atoms with Gasteiger partial charge in [-0.05, 0) is 39.8 Å². The maximum absolute atomic E-state index is 14.1. The predicted octanol–water partition coefficient (Wildman–Crippen LogP) is -2.36. The van der Waals surface area contributed by atoms with Crippen LogP contribution in [0.5, 0.6) is 17.2 Å². The first-order valence-electron chi connectivity index (χ1n) is 12.5. The average molecular weight is 627 g/mol. The topological polar surface area (TPSA) is 275 Å². The van der Waals surface area contributed by atoms with E-state index in [1.54, 1.807) is 0 Å². The lowest BCUT2D eigenvalue weighted by atomic mass is 9.53. The maximum atomic E-state index is 14.1. The van der Waals surface area contributed by atoms with Crippen LogP contribution in [0.4, 0.5) is 0 Å². The molecule has 2 rings (SSSR count). The van der Waals surface area contributed by atoms with Gasteiger partial charge in [-0.3, -0.25) is 38.4 Å². The molecular weight excluding hydrogens is 596 g/mol. The Bertz CT molecular complexity index is 1460. The summed E-state index contributed by atoms with van der Waals surface area (Å²) in [5.41, 5.74) is -17.3. The predicted molar refractivity (Wildman–Crippen MR) is 138 cm³/mol. The molecule has 0 spiro atoms. The number of esters is 3. The summed E-state index contributed by atoms with van der Waals surface area (Å²) in [5, 5.41) is 57.1. The van der Waals surface area contributed by atoms with Crippen LogP contribution in [-0.2, 0) is 38.3 Å². The van der Waals surface area contributed by atoms with Gasteiger partial charge in [0, 0.05) is 26.3 Å². The summed E-state index contributed by atoms with van der Waals surface area (Å²) in [6, 6.07) is 1.09. The second-order valence-corrected chi connectivity index (χ2v) is 10.00. The SMILES string of the molecule is CC(=O)Oc1cc(C(=O)[C@@]2(O)O[C@@](CO)(C(C)=O)[C@](O)(C(C)=O)[C@@](O)(C(C)=O)[C@]2(O)C(C)=O)cc(OC(C)=O)c1OC(C)=O. The van der Waals surface area contributed by atoms with Crippen molar-refractivity contribution in [1.29, 1.82) is 0 Å². The van der Waals surface area contributed by atoms with Crippen molar-refractivity contribution in [3.8, 4) is 17.2 Å². The number of aliphatic hydroxyl groups excluding tert-OH is 1. The number of carbonyl (C=O) groups excluding carboxylic acids is 8. The molecule has 17 heteroatoms. The average Bonchev–Trinajstić information content (AvgIpc) is 2.89. The number of carbonyl (C=O) groups is 8. The Morgan fingerprint density at radius 2 is 1.00 bits per heavy atom. The van der Waals surface area contributed by atoms with Gasteiger partial charge in [0.05, 0.1) is 6.61 Å². The molecule has 1 aliphatic rings. The van der Waals surface area contributed by atoms with Crippen molar-refractivity contribution in [2.24, 2.45) is 0 Å². The molecule has 1 aromatic rings. The van der Waals surface area contributed by atoms with Crippen molar-refractivity contribution < 1.29 is 82.8 Å². The zero-order chi connectivity index (χ0) is 34.4.